The lowest BCUT2D eigenvalue weighted by Crippen LogP contribution is -2.21. The number of nitrogens with zero attached hydrogens (tertiary/aromatic N) is 2. The van der Waals surface area contributed by atoms with E-state index in [2.05, 4.69) is 15.5 Å². The first-order valence-electron chi connectivity index (χ1n) is 6.58. The summed E-state index contributed by atoms with van der Waals surface area (Å²) in [6, 6.07) is 7.31. The van der Waals surface area contributed by atoms with Crippen LogP contribution in [0.15, 0.2) is 35.1 Å². The molecular weight excluding hydrogens is 256 g/mol. The zero-order valence-corrected chi connectivity index (χ0v) is 11.4. The van der Waals surface area contributed by atoms with E-state index in [9.17, 15) is 4.79 Å². The summed E-state index contributed by atoms with van der Waals surface area (Å²) in [4.78, 5) is 12.0. The second-order valence-electron chi connectivity index (χ2n) is 4.65. The predicted molar refractivity (Wildman–Crippen MR) is 75.8 cm³/mol. The number of anilines is 1. The molecule has 0 aliphatic carbocycles. The Bertz CT molecular complexity index is 554. The second kappa shape index (κ2) is 6.81. The molecule has 6 heteroatoms. The van der Waals surface area contributed by atoms with Crippen LogP contribution in [0.2, 0.25) is 0 Å². The van der Waals surface area contributed by atoms with Crippen molar-refractivity contribution < 1.29 is 9.21 Å². The van der Waals surface area contributed by atoms with Gasteiger partial charge >= 0.3 is 0 Å². The number of rotatable bonds is 6. The molecule has 0 radical (unpaired) electrons. The molecule has 0 aliphatic rings. The quantitative estimate of drug-likeness (QED) is 0.840. The fraction of sp³-hybridized carbons (Fsp3) is 0.357. The van der Waals surface area contributed by atoms with E-state index in [1.54, 1.807) is 6.07 Å². The van der Waals surface area contributed by atoms with Crippen molar-refractivity contribution in [2.75, 3.05) is 11.9 Å². The van der Waals surface area contributed by atoms with Crippen molar-refractivity contribution >= 4 is 11.6 Å². The third-order valence-electron chi connectivity index (χ3n) is 3.03. The molecular formula is C14H18N4O2. The van der Waals surface area contributed by atoms with E-state index < -0.39 is 0 Å². The number of nitrogens with one attached hydrogen (secondary N) is 1. The van der Waals surface area contributed by atoms with Gasteiger partial charge in [0.05, 0.1) is 0 Å². The summed E-state index contributed by atoms with van der Waals surface area (Å²) >= 11 is 0. The van der Waals surface area contributed by atoms with E-state index in [4.69, 9.17) is 10.2 Å². The molecule has 1 heterocycles. The van der Waals surface area contributed by atoms with E-state index in [1.165, 1.54) is 6.39 Å². The smallest absolute Gasteiger partial charge is 0.247 e. The molecule has 1 aromatic carbocycles. The highest BCUT2D eigenvalue weighted by atomic mass is 16.4. The van der Waals surface area contributed by atoms with E-state index >= 15 is 0 Å². The van der Waals surface area contributed by atoms with E-state index in [0.29, 0.717) is 18.1 Å². The number of carbonyl (C=O) groups is 1. The Morgan fingerprint density at radius 1 is 1.50 bits per heavy atom. The Balaban J connectivity index is 2.03. The van der Waals surface area contributed by atoms with Gasteiger partial charge in [-0.05, 0) is 37.6 Å². The van der Waals surface area contributed by atoms with Gasteiger partial charge in [-0.25, -0.2) is 0 Å². The fourth-order valence-electron chi connectivity index (χ4n) is 1.85. The van der Waals surface area contributed by atoms with Crippen LogP contribution in [0.3, 0.4) is 0 Å². The van der Waals surface area contributed by atoms with Crippen molar-refractivity contribution in [3.05, 3.63) is 30.7 Å². The Morgan fingerprint density at radius 2 is 2.35 bits per heavy atom. The molecule has 1 atom stereocenters. The van der Waals surface area contributed by atoms with Crippen molar-refractivity contribution in [1.82, 2.24) is 10.2 Å². The summed E-state index contributed by atoms with van der Waals surface area (Å²) in [6.07, 6.45) is 2.90. The number of hydrogen-bond donors (Lipinski definition) is 2. The Labute approximate surface area is 117 Å². The molecule has 0 spiro atoms. The van der Waals surface area contributed by atoms with Gasteiger partial charge in [0.2, 0.25) is 18.2 Å². The first-order valence-corrected chi connectivity index (χ1v) is 6.58. The minimum absolute atomic E-state index is 0.0128. The average Bonchev–Trinajstić information content (AvgIpc) is 2.99. The van der Waals surface area contributed by atoms with Crippen LogP contribution in [0.5, 0.6) is 0 Å². The molecule has 20 heavy (non-hydrogen) atoms. The molecule has 1 unspecified atom stereocenters. The number of amides is 1. The first kappa shape index (κ1) is 14.2. The van der Waals surface area contributed by atoms with Crippen molar-refractivity contribution in [2.24, 2.45) is 11.7 Å². The molecule has 0 bridgehead atoms. The number of aromatic nitrogens is 2. The lowest BCUT2D eigenvalue weighted by Gasteiger charge is -2.12. The summed E-state index contributed by atoms with van der Waals surface area (Å²) < 4.78 is 5.13. The highest BCUT2D eigenvalue weighted by Crippen LogP contribution is 2.21. The summed E-state index contributed by atoms with van der Waals surface area (Å²) in [5, 5.41) is 10.4. The number of benzene rings is 1. The van der Waals surface area contributed by atoms with Gasteiger partial charge in [-0.1, -0.05) is 13.0 Å². The lowest BCUT2D eigenvalue weighted by molar-refractivity contribution is -0.119. The molecule has 0 saturated carbocycles. The number of nitrogens with two attached hydrogens (primary N) is 1. The summed E-state index contributed by atoms with van der Waals surface area (Å²) in [5.41, 5.74) is 6.93. The van der Waals surface area contributed by atoms with Gasteiger partial charge in [0, 0.05) is 17.2 Å². The minimum Gasteiger partial charge on any atom is -0.423 e. The molecule has 1 amide bonds. The SMILES string of the molecule is CC(CCCN)C(=O)Nc1cccc(-c2nnco2)c1. The Kier molecular flexibility index (Phi) is 4.84. The summed E-state index contributed by atoms with van der Waals surface area (Å²) in [5.74, 6) is 0.351. The van der Waals surface area contributed by atoms with Gasteiger partial charge in [-0.3, -0.25) is 4.79 Å². The molecule has 1 aromatic heterocycles. The lowest BCUT2D eigenvalue weighted by atomic mass is 10.0. The minimum atomic E-state index is -0.0642. The van der Waals surface area contributed by atoms with Gasteiger partial charge in [0.1, 0.15) is 0 Å². The molecule has 0 fully saturated rings. The van der Waals surface area contributed by atoms with E-state index in [1.807, 2.05) is 25.1 Å². The van der Waals surface area contributed by atoms with Crippen molar-refractivity contribution in [2.45, 2.75) is 19.8 Å². The molecule has 2 aromatic rings. The van der Waals surface area contributed by atoms with Crippen LogP contribution in [-0.4, -0.2) is 22.6 Å². The highest BCUT2D eigenvalue weighted by molar-refractivity contribution is 5.92. The van der Waals surface area contributed by atoms with Crippen LogP contribution in [0, 0.1) is 5.92 Å². The zero-order chi connectivity index (χ0) is 14.4. The zero-order valence-electron chi connectivity index (χ0n) is 11.4. The standard InChI is InChI=1S/C14H18N4O2/c1-10(4-3-7-15)13(19)17-12-6-2-5-11(8-12)14-18-16-9-20-14/h2,5-6,8-10H,3-4,7,15H2,1H3,(H,17,19). The Morgan fingerprint density at radius 3 is 3.05 bits per heavy atom. The van der Waals surface area contributed by atoms with Crippen molar-refractivity contribution in [3.63, 3.8) is 0 Å². The average molecular weight is 274 g/mol. The molecule has 6 nitrogen and oxygen atoms in total. The first-order chi connectivity index (χ1) is 9.70. The topological polar surface area (TPSA) is 94.0 Å². The fourth-order valence-corrected chi connectivity index (χ4v) is 1.85. The van der Waals surface area contributed by atoms with Crippen LogP contribution in [0.4, 0.5) is 5.69 Å². The maximum absolute atomic E-state index is 12.0. The summed E-state index contributed by atoms with van der Waals surface area (Å²) in [6.45, 7) is 2.50. The highest BCUT2D eigenvalue weighted by Gasteiger charge is 2.13. The van der Waals surface area contributed by atoms with Crippen LogP contribution in [-0.2, 0) is 4.79 Å². The molecule has 0 saturated heterocycles. The van der Waals surface area contributed by atoms with E-state index in [-0.39, 0.29) is 11.8 Å². The maximum atomic E-state index is 12.0. The van der Waals surface area contributed by atoms with Crippen molar-refractivity contribution in [3.8, 4) is 11.5 Å². The third kappa shape index (κ3) is 3.64. The largest absolute Gasteiger partial charge is 0.423 e. The van der Waals surface area contributed by atoms with Gasteiger partial charge in [-0.2, -0.15) is 0 Å². The van der Waals surface area contributed by atoms with Gasteiger partial charge in [0.25, 0.3) is 0 Å². The van der Waals surface area contributed by atoms with Gasteiger partial charge < -0.3 is 15.5 Å². The summed E-state index contributed by atoms with van der Waals surface area (Å²) in [7, 11) is 0. The van der Waals surface area contributed by atoms with Crippen LogP contribution >= 0.6 is 0 Å². The Hall–Kier alpha value is -2.21. The van der Waals surface area contributed by atoms with Crippen LogP contribution in [0.1, 0.15) is 19.8 Å². The number of hydrogen-bond acceptors (Lipinski definition) is 5. The molecule has 0 aliphatic heterocycles. The third-order valence-corrected chi connectivity index (χ3v) is 3.03. The predicted octanol–water partition coefficient (Wildman–Crippen LogP) is 2.05. The normalized spacial score (nSPS) is 12.1. The molecule has 106 valence electrons. The van der Waals surface area contributed by atoms with Gasteiger partial charge in [0.15, 0.2) is 0 Å². The second-order valence-corrected chi connectivity index (χ2v) is 4.65. The molecule has 2 rings (SSSR count). The van der Waals surface area contributed by atoms with Crippen LogP contribution in [0.25, 0.3) is 11.5 Å². The molecule has 3 N–H and O–H groups in total. The van der Waals surface area contributed by atoms with Crippen LogP contribution < -0.4 is 11.1 Å². The monoisotopic (exact) mass is 274 g/mol. The van der Waals surface area contributed by atoms with E-state index in [0.717, 1.165) is 18.4 Å². The number of carbonyl (C=O) groups excluding carboxylic acids is 1. The van der Waals surface area contributed by atoms with Crippen molar-refractivity contribution in [1.29, 1.82) is 0 Å². The maximum Gasteiger partial charge on any atom is 0.247 e. The van der Waals surface area contributed by atoms with Gasteiger partial charge in [-0.15, -0.1) is 10.2 Å².